The average molecular weight is 332 g/mol. The Balaban J connectivity index is 0.00000220. The number of benzene rings is 1. The molecule has 0 bridgehead atoms. The van der Waals surface area contributed by atoms with Crippen LogP contribution in [0.1, 0.15) is 20.8 Å². The van der Waals surface area contributed by atoms with Gasteiger partial charge in [-0.2, -0.15) is 0 Å². The molecule has 2 rings (SSSR count). The normalized spacial score (nSPS) is 9.27. The molecule has 4 N–H and O–H groups in total. The molecule has 0 aliphatic carbocycles. The molecule has 0 saturated carbocycles. The number of carboxylic acid groups (broad SMARTS) is 2. The number of hydrogen-bond acceptors (Lipinski definition) is 5. The molecule has 0 spiro atoms. The smallest absolute Gasteiger partial charge is 0.543 e. The zero-order valence-electron chi connectivity index (χ0n) is 11.3. The zero-order chi connectivity index (χ0) is 14.9. The standard InChI is InChI=1S/C12H8N2O6.K.H2O/c15-9-5-8(11(18)19)13-12(20)14(9)7-3-1-2-6(4-7)10(16)17;;/h1-5H,(H,13,20)(H,16,17)(H,18,19);;1H2/q;+1;/p-1. The summed E-state index contributed by atoms with van der Waals surface area (Å²) in [6.07, 6.45) is 0. The van der Waals surface area contributed by atoms with Gasteiger partial charge >= 0.3 is 63.0 Å². The number of H-pyrrole nitrogens is 1. The first-order valence-corrected chi connectivity index (χ1v) is 5.31. The fourth-order valence-electron chi connectivity index (χ4n) is 1.63. The van der Waals surface area contributed by atoms with Gasteiger partial charge < -0.3 is 25.5 Å². The van der Waals surface area contributed by atoms with Crippen molar-refractivity contribution in [1.82, 2.24) is 9.55 Å². The van der Waals surface area contributed by atoms with Crippen molar-refractivity contribution in [3.05, 3.63) is 62.4 Å². The van der Waals surface area contributed by atoms with E-state index in [1.807, 2.05) is 4.98 Å². The minimum atomic E-state index is -1.69. The monoisotopic (exact) mass is 332 g/mol. The van der Waals surface area contributed by atoms with E-state index in [4.69, 9.17) is 5.11 Å². The number of aromatic nitrogens is 2. The molecule has 0 fully saturated rings. The molecule has 1 heterocycles. The molecule has 0 radical (unpaired) electrons. The second kappa shape index (κ2) is 8.17. The summed E-state index contributed by atoms with van der Waals surface area (Å²) in [4.78, 5) is 46.9. The third-order valence-electron chi connectivity index (χ3n) is 2.50. The van der Waals surface area contributed by atoms with Crippen LogP contribution in [0.25, 0.3) is 5.69 Å². The molecule has 110 valence electrons. The van der Waals surface area contributed by atoms with Crippen molar-refractivity contribution in [2.75, 3.05) is 0 Å². The van der Waals surface area contributed by atoms with Gasteiger partial charge in [-0.3, -0.25) is 4.79 Å². The van der Waals surface area contributed by atoms with E-state index >= 15 is 0 Å². The Morgan fingerprint density at radius 1 is 1.18 bits per heavy atom. The largest absolute Gasteiger partial charge is 1.00 e. The molecule has 2 aromatic rings. The summed E-state index contributed by atoms with van der Waals surface area (Å²) < 4.78 is 0.624. The molecule has 1 aromatic carbocycles. The van der Waals surface area contributed by atoms with Crippen LogP contribution in [0, 0.1) is 0 Å². The predicted octanol–water partition coefficient (Wildman–Crippen LogP) is -5.23. The van der Waals surface area contributed by atoms with E-state index in [0.717, 1.165) is 6.07 Å². The maximum atomic E-state index is 11.8. The SMILES string of the molecule is O.O=C(O)c1cccc(-n2c(=O)cc(C(=O)[O-])[nH]c2=O)c1.[K+]. The Hall–Kier alpha value is -1.56. The maximum absolute atomic E-state index is 11.8. The second-order valence-electron chi connectivity index (χ2n) is 3.80. The van der Waals surface area contributed by atoms with Crippen molar-refractivity contribution in [3.63, 3.8) is 0 Å². The molecule has 0 saturated heterocycles. The Morgan fingerprint density at radius 2 is 1.82 bits per heavy atom. The molecular weight excluding hydrogens is 323 g/mol. The first-order chi connectivity index (χ1) is 9.40. The van der Waals surface area contributed by atoms with Crippen molar-refractivity contribution < 1.29 is 76.7 Å². The van der Waals surface area contributed by atoms with Crippen molar-refractivity contribution in [2.24, 2.45) is 0 Å². The molecule has 22 heavy (non-hydrogen) atoms. The predicted molar refractivity (Wildman–Crippen MR) is 67.6 cm³/mol. The summed E-state index contributed by atoms with van der Waals surface area (Å²) in [7, 11) is 0. The van der Waals surface area contributed by atoms with Crippen LogP contribution >= 0.6 is 0 Å². The quantitative estimate of drug-likeness (QED) is 0.533. The molecule has 0 atom stereocenters. The van der Waals surface area contributed by atoms with E-state index in [9.17, 15) is 24.3 Å². The minimum absolute atomic E-state index is 0. The summed E-state index contributed by atoms with van der Waals surface area (Å²) in [6.45, 7) is 0. The van der Waals surface area contributed by atoms with Crippen molar-refractivity contribution in [1.29, 1.82) is 0 Å². The van der Waals surface area contributed by atoms with Gasteiger partial charge in [0, 0.05) is 6.07 Å². The van der Waals surface area contributed by atoms with E-state index < -0.39 is 28.9 Å². The van der Waals surface area contributed by atoms with Crippen LogP contribution in [-0.2, 0) is 0 Å². The molecule has 9 nitrogen and oxygen atoms in total. The van der Waals surface area contributed by atoms with E-state index in [1.165, 1.54) is 18.2 Å². The molecule has 0 amide bonds. The van der Waals surface area contributed by atoms with Gasteiger partial charge in [0.05, 0.1) is 22.9 Å². The average Bonchev–Trinajstić information content (AvgIpc) is 2.38. The number of hydrogen-bond donors (Lipinski definition) is 2. The van der Waals surface area contributed by atoms with Gasteiger partial charge in [0.2, 0.25) is 0 Å². The van der Waals surface area contributed by atoms with Crippen molar-refractivity contribution in [3.8, 4) is 5.69 Å². The first-order valence-electron chi connectivity index (χ1n) is 5.31. The first kappa shape index (κ1) is 20.4. The minimum Gasteiger partial charge on any atom is -0.543 e. The molecule has 0 aliphatic rings. The number of carbonyl (C=O) groups is 2. The van der Waals surface area contributed by atoms with Crippen LogP contribution in [0.4, 0.5) is 0 Å². The number of aromatic carboxylic acids is 2. The van der Waals surface area contributed by atoms with Gasteiger partial charge in [-0.25, -0.2) is 14.2 Å². The molecule has 0 unspecified atom stereocenters. The van der Waals surface area contributed by atoms with E-state index in [-0.39, 0.29) is 68.1 Å². The van der Waals surface area contributed by atoms with Crippen LogP contribution in [0.5, 0.6) is 0 Å². The summed E-state index contributed by atoms with van der Waals surface area (Å²) in [6, 6.07) is 5.81. The number of nitrogens with zero attached hydrogens (tertiary/aromatic N) is 1. The number of aromatic amines is 1. The fraction of sp³-hybridized carbons (Fsp3) is 0. The Labute approximate surface area is 165 Å². The number of carbonyl (C=O) groups excluding carboxylic acids is 1. The summed E-state index contributed by atoms with van der Waals surface area (Å²) in [5, 5.41) is 19.4. The van der Waals surface area contributed by atoms with Crippen LogP contribution < -0.4 is 67.7 Å². The van der Waals surface area contributed by atoms with Crippen LogP contribution in [0.3, 0.4) is 0 Å². The van der Waals surface area contributed by atoms with E-state index in [1.54, 1.807) is 0 Å². The summed E-state index contributed by atoms with van der Waals surface area (Å²) in [5.41, 5.74) is -2.65. The molecule has 10 heteroatoms. The molecule has 1 aromatic heterocycles. The van der Waals surface area contributed by atoms with Crippen molar-refractivity contribution >= 4 is 11.9 Å². The molecule has 0 aliphatic heterocycles. The zero-order valence-corrected chi connectivity index (χ0v) is 14.4. The maximum Gasteiger partial charge on any atom is 1.00 e. The van der Waals surface area contributed by atoms with Crippen LogP contribution in [0.2, 0.25) is 0 Å². The summed E-state index contributed by atoms with van der Waals surface area (Å²) in [5.74, 6) is -2.91. The Kier molecular flexibility index (Phi) is 7.59. The van der Waals surface area contributed by atoms with E-state index in [2.05, 4.69) is 0 Å². The van der Waals surface area contributed by atoms with Gasteiger partial charge in [-0.1, -0.05) is 6.07 Å². The Bertz CT molecular complexity index is 793. The number of carboxylic acids is 2. The fourth-order valence-corrected chi connectivity index (χ4v) is 1.63. The van der Waals surface area contributed by atoms with Gasteiger partial charge in [0.1, 0.15) is 0 Å². The van der Waals surface area contributed by atoms with E-state index in [0.29, 0.717) is 10.6 Å². The number of rotatable bonds is 3. The van der Waals surface area contributed by atoms with Crippen LogP contribution in [0.15, 0.2) is 39.9 Å². The van der Waals surface area contributed by atoms with Crippen molar-refractivity contribution in [2.45, 2.75) is 0 Å². The van der Waals surface area contributed by atoms with Crippen LogP contribution in [-0.4, -0.2) is 32.1 Å². The second-order valence-corrected chi connectivity index (χ2v) is 3.80. The topological polar surface area (TPSA) is 164 Å². The van der Waals surface area contributed by atoms with Gasteiger partial charge in [0.15, 0.2) is 0 Å². The van der Waals surface area contributed by atoms with Gasteiger partial charge in [-0.05, 0) is 18.2 Å². The Morgan fingerprint density at radius 3 is 2.32 bits per heavy atom. The summed E-state index contributed by atoms with van der Waals surface area (Å²) >= 11 is 0. The van der Waals surface area contributed by atoms with Gasteiger partial charge in [0.25, 0.3) is 5.56 Å². The van der Waals surface area contributed by atoms with Gasteiger partial charge in [-0.15, -0.1) is 0 Å². The molecular formula is C12H9KN2O7. The third-order valence-corrected chi connectivity index (χ3v) is 2.50. The number of nitrogens with one attached hydrogen (secondary N) is 1. The third kappa shape index (κ3) is 4.22.